The Morgan fingerprint density at radius 3 is 2.82 bits per heavy atom. The minimum atomic E-state index is -0.337. The summed E-state index contributed by atoms with van der Waals surface area (Å²) < 4.78 is 12.9. The van der Waals surface area contributed by atoms with E-state index in [1.165, 1.54) is 12.3 Å². The molecule has 0 unspecified atom stereocenters. The highest BCUT2D eigenvalue weighted by Gasteiger charge is 1.99. The summed E-state index contributed by atoms with van der Waals surface area (Å²) in [5.74, 6) is -0.337. The Bertz CT molecular complexity index is 263. The van der Waals surface area contributed by atoms with Crippen molar-refractivity contribution in [1.82, 2.24) is 0 Å². The number of halogens is 1. The van der Waals surface area contributed by atoms with Crippen LogP contribution in [0.15, 0.2) is 23.2 Å². The Kier molecular flexibility index (Phi) is 2.42. The highest BCUT2D eigenvalue weighted by molar-refractivity contribution is 6.35. The maximum Gasteiger partial charge on any atom is 0.131 e. The van der Waals surface area contributed by atoms with E-state index in [0.717, 1.165) is 0 Å². The van der Waals surface area contributed by atoms with Gasteiger partial charge in [0, 0.05) is 18.8 Å². The Balaban J connectivity index is 3.20. The lowest BCUT2D eigenvalue weighted by molar-refractivity contribution is 0.627. The Hall–Kier alpha value is -1.12. The van der Waals surface area contributed by atoms with Crippen LogP contribution < -0.4 is 5.46 Å². The molecule has 1 rings (SSSR count). The first kappa shape index (κ1) is 7.99. The predicted octanol–water partition coefficient (Wildman–Crippen LogP) is 0.668. The van der Waals surface area contributed by atoms with Crippen LogP contribution in [-0.2, 0) is 0 Å². The molecule has 0 aliphatic rings. The molecule has 0 amide bonds. The van der Waals surface area contributed by atoms with Crippen molar-refractivity contribution >= 4 is 19.5 Å². The highest BCUT2D eigenvalue weighted by Crippen LogP contribution is 1.99. The summed E-state index contributed by atoms with van der Waals surface area (Å²) in [4.78, 5) is 3.68. The molecule has 0 heterocycles. The van der Waals surface area contributed by atoms with E-state index in [0.29, 0.717) is 11.0 Å². The number of hydrogen-bond acceptors (Lipinski definition) is 1. The van der Waals surface area contributed by atoms with Crippen LogP contribution in [0.25, 0.3) is 0 Å². The fourth-order valence-corrected chi connectivity index (χ4v) is 0.819. The predicted molar refractivity (Wildman–Crippen MR) is 45.3 cm³/mol. The molecule has 0 saturated carbocycles. The van der Waals surface area contributed by atoms with Crippen LogP contribution in [0.4, 0.5) is 4.39 Å². The molecule has 3 heteroatoms. The van der Waals surface area contributed by atoms with Gasteiger partial charge in [0.1, 0.15) is 13.7 Å². The molecule has 1 nitrogen and oxygen atoms in total. The molecular formula is C8H7BFN. The zero-order valence-corrected chi connectivity index (χ0v) is 6.21. The average Bonchev–Trinajstić information content (AvgIpc) is 1.97. The second kappa shape index (κ2) is 3.33. The highest BCUT2D eigenvalue weighted by atomic mass is 19.1. The van der Waals surface area contributed by atoms with E-state index >= 15 is 0 Å². The van der Waals surface area contributed by atoms with Crippen LogP contribution in [0.5, 0.6) is 0 Å². The Morgan fingerprint density at radius 1 is 1.55 bits per heavy atom. The SMILES string of the molecule is [B]c1cccc(F)c1C=NC. The number of nitrogens with zero attached hydrogens (tertiary/aromatic N) is 1. The van der Waals surface area contributed by atoms with E-state index in [-0.39, 0.29) is 5.82 Å². The van der Waals surface area contributed by atoms with Crippen LogP contribution in [0.3, 0.4) is 0 Å². The summed E-state index contributed by atoms with van der Waals surface area (Å²) in [6.45, 7) is 0. The topological polar surface area (TPSA) is 12.4 Å². The molecule has 0 aromatic heterocycles. The molecule has 0 aliphatic heterocycles. The zero-order valence-electron chi connectivity index (χ0n) is 6.21. The first-order valence-corrected chi connectivity index (χ1v) is 3.22. The fraction of sp³-hybridized carbons (Fsp3) is 0.125. The van der Waals surface area contributed by atoms with Crippen molar-refractivity contribution in [3.8, 4) is 0 Å². The zero-order chi connectivity index (χ0) is 8.27. The van der Waals surface area contributed by atoms with Crippen LogP contribution in [0.1, 0.15) is 5.56 Å². The first-order valence-electron chi connectivity index (χ1n) is 3.22. The molecule has 0 fully saturated rings. The van der Waals surface area contributed by atoms with E-state index < -0.39 is 0 Å². The van der Waals surface area contributed by atoms with E-state index in [9.17, 15) is 4.39 Å². The van der Waals surface area contributed by atoms with E-state index in [1.54, 1.807) is 19.2 Å². The van der Waals surface area contributed by atoms with Gasteiger partial charge in [-0.05, 0) is 6.07 Å². The summed E-state index contributed by atoms with van der Waals surface area (Å²) in [5, 5.41) is 0. The molecule has 1 aromatic rings. The smallest absolute Gasteiger partial charge is 0.131 e. The van der Waals surface area contributed by atoms with Crippen LogP contribution >= 0.6 is 0 Å². The third-order valence-corrected chi connectivity index (χ3v) is 1.34. The lowest BCUT2D eigenvalue weighted by Gasteiger charge is -1.99. The molecule has 0 aliphatic carbocycles. The molecule has 0 atom stereocenters. The van der Waals surface area contributed by atoms with Gasteiger partial charge in [0.2, 0.25) is 0 Å². The Labute approximate surface area is 66.4 Å². The summed E-state index contributed by atoms with van der Waals surface area (Å²) in [6.07, 6.45) is 1.41. The van der Waals surface area contributed by atoms with Crippen molar-refractivity contribution in [2.45, 2.75) is 0 Å². The van der Waals surface area contributed by atoms with Crippen LogP contribution in [0.2, 0.25) is 0 Å². The standard InChI is InChI=1S/C8H7BFN/c1-11-5-6-7(9)3-2-4-8(6)10/h2-5H,1H3. The largest absolute Gasteiger partial charge is 0.296 e. The lowest BCUT2D eigenvalue weighted by Crippen LogP contribution is -2.11. The second-order valence-corrected chi connectivity index (χ2v) is 2.13. The Morgan fingerprint density at radius 2 is 2.27 bits per heavy atom. The third-order valence-electron chi connectivity index (χ3n) is 1.34. The summed E-state index contributed by atoms with van der Waals surface area (Å²) in [5.41, 5.74) is 0.769. The van der Waals surface area contributed by atoms with Gasteiger partial charge >= 0.3 is 0 Å². The van der Waals surface area contributed by atoms with Crippen LogP contribution in [0, 0.1) is 5.82 Å². The number of aliphatic imine (C=N–C) groups is 1. The maximum absolute atomic E-state index is 12.9. The molecule has 0 saturated heterocycles. The first-order chi connectivity index (χ1) is 5.25. The minimum Gasteiger partial charge on any atom is -0.296 e. The van der Waals surface area contributed by atoms with E-state index in [2.05, 4.69) is 4.99 Å². The molecule has 2 radical (unpaired) electrons. The number of rotatable bonds is 1. The van der Waals surface area contributed by atoms with Crippen molar-refractivity contribution in [3.05, 3.63) is 29.6 Å². The van der Waals surface area contributed by atoms with Gasteiger partial charge in [-0.3, -0.25) is 4.99 Å². The van der Waals surface area contributed by atoms with Gasteiger partial charge in [0.05, 0.1) is 0 Å². The van der Waals surface area contributed by atoms with Crippen molar-refractivity contribution in [1.29, 1.82) is 0 Å². The quantitative estimate of drug-likeness (QED) is 0.408. The summed E-state index contributed by atoms with van der Waals surface area (Å²) in [6, 6.07) is 4.56. The molecule has 54 valence electrons. The van der Waals surface area contributed by atoms with Gasteiger partial charge in [0.25, 0.3) is 0 Å². The van der Waals surface area contributed by atoms with Crippen molar-refractivity contribution < 1.29 is 4.39 Å². The molecule has 0 spiro atoms. The summed E-state index contributed by atoms with van der Waals surface area (Å²) >= 11 is 0. The van der Waals surface area contributed by atoms with Gasteiger partial charge in [-0.2, -0.15) is 0 Å². The van der Waals surface area contributed by atoms with Gasteiger partial charge in [-0.1, -0.05) is 17.6 Å². The normalized spacial score (nSPS) is 10.7. The monoisotopic (exact) mass is 147 g/mol. The molecule has 11 heavy (non-hydrogen) atoms. The van der Waals surface area contributed by atoms with Crippen LogP contribution in [-0.4, -0.2) is 21.1 Å². The van der Waals surface area contributed by atoms with Gasteiger partial charge in [0.15, 0.2) is 0 Å². The molecule has 1 aromatic carbocycles. The fourth-order valence-electron chi connectivity index (χ4n) is 0.819. The third kappa shape index (κ3) is 1.67. The van der Waals surface area contributed by atoms with Gasteiger partial charge < -0.3 is 0 Å². The average molecular weight is 147 g/mol. The molecule has 0 bridgehead atoms. The van der Waals surface area contributed by atoms with Gasteiger partial charge in [-0.15, -0.1) is 0 Å². The second-order valence-electron chi connectivity index (χ2n) is 2.13. The van der Waals surface area contributed by atoms with Gasteiger partial charge in [-0.25, -0.2) is 4.39 Å². The maximum atomic E-state index is 12.9. The van der Waals surface area contributed by atoms with Crippen molar-refractivity contribution in [2.75, 3.05) is 7.05 Å². The lowest BCUT2D eigenvalue weighted by atomic mass is 9.91. The van der Waals surface area contributed by atoms with Crippen molar-refractivity contribution in [2.24, 2.45) is 4.99 Å². The minimum absolute atomic E-state index is 0.337. The summed E-state index contributed by atoms with van der Waals surface area (Å²) in [7, 11) is 7.05. The van der Waals surface area contributed by atoms with E-state index in [4.69, 9.17) is 7.85 Å². The van der Waals surface area contributed by atoms with Crippen molar-refractivity contribution in [3.63, 3.8) is 0 Å². The molecular weight excluding hydrogens is 140 g/mol. The number of hydrogen-bond donors (Lipinski definition) is 0. The molecule has 0 N–H and O–H groups in total. The van der Waals surface area contributed by atoms with E-state index in [1.807, 2.05) is 0 Å². The number of benzene rings is 1.